The fourth-order valence-electron chi connectivity index (χ4n) is 1.64. The molecule has 0 saturated carbocycles. The van der Waals surface area contributed by atoms with Crippen LogP contribution in [0, 0.1) is 0 Å². The topological polar surface area (TPSA) is 12.4 Å². The molecule has 16 heavy (non-hydrogen) atoms. The largest absolute Gasteiger partial charge is 0.258 e. The standard InChI is InChI=1S/C15H21N/c1-4-5-9-13(2)12-14(3)16-15-10-7-6-8-11-15/h6-8,10-11H,2,4-5,9,12H2,1,3H3. The number of hydrogen-bond acceptors (Lipinski definition) is 1. The molecule has 0 radical (unpaired) electrons. The molecule has 0 aromatic heterocycles. The molecule has 0 aliphatic heterocycles. The second-order valence-electron chi connectivity index (χ2n) is 4.21. The van der Waals surface area contributed by atoms with Crippen molar-refractivity contribution < 1.29 is 0 Å². The van der Waals surface area contributed by atoms with E-state index in [-0.39, 0.29) is 0 Å². The highest BCUT2D eigenvalue weighted by Gasteiger charge is 1.97. The molecule has 0 aliphatic carbocycles. The lowest BCUT2D eigenvalue weighted by Gasteiger charge is -2.04. The molecule has 86 valence electrons. The monoisotopic (exact) mass is 215 g/mol. The zero-order valence-electron chi connectivity index (χ0n) is 10.4. The fourth-order valence-corrected chi connectivity index (χ4v) is 1.64. The lowest BCUT2D eigenvalue weighted by Crippen LogP contribution is -1.93. The van der Waals surface area contributed by atoms with Crippen molar-refractivity contribution in [1.82, 2.24) is 0 Å². The van der Waals surface area contributed by atoms with Crippen molar-refractivity contribution in [2.24, 2.45) is 4.99 Å². The van der Waals surface area contributed by atoms with Crippen LogP contribution in [0.2, 0.25) is 0 Å². The Morgan fingerprint density at radius 1 is 1.25 bits per heavy atom. The molecule has 0 unspecified atom stereocenters. The molecule has 1 aromatic carbocycles. The summed E-state index contributed by atoms with van der Waals surface area (Å²) in [5.74, 6) is 0. The first kappa shape index (κ1) is 12.7. The normalized spacial score (nSPS) is 11.5. The van der Waals surface area contributed by atoms with Crippen molar-refractivity contribution in [2.45, 2.75) is 39.5 Å². The van der Waals surface area contributed by atoms with Gasteiger partial charge in [0.05, 0.1) is 5.69 Å². The van der Waals surface area contributed by atoms with Crippen LogP contribution in [-0.4, -0.2) is 5.71 Å². The Labute approximate surface area is 98.9 Å². The van der Waals surface area contributed by atoms with Crippen molar-refractivity contribution in [1.29, 1.82) is 0 Å². The van der Waals surface area contributed by atoms with E-state index in [0.29, 0.717) is 0 Å². The van der Waals surface area contributed by atoms with Gasteiger partial charge in [-0.3, -0.25) is 4.99 Å². The first-order chi connectivity index (χ1) is 7.72. The van der Waals surface area contributed by atoms with Gasteiger partial charge in [-0.05, 0) is 31.9 Å². The van der Waals surface area contributed by atoms with Gasteiger partial charge in [-0.15, -0.1) is 0 Å². The van der Waals surface area contributed by atoms with Crippen molar-refractivity contribution >= 4 is 11.4 Å². The second-order valence-corrected chi connectivity index (χ2v) is 4.21. The summed E-state index contributed by atoms with van der Waals surface area (Å²) in [4.78, 5) is 4.56. The van der Waals surface area contributed by atoms with Gasteiger partial charge < -0.3 is 0 Å². The highest BCUT2D eigenvalue weighted by atomic mass is 14.7. The maximum atomic E-state index is 4.56. The van der Waals surface area contributed by atoms with Crippen LogP contribution in [0.25, 0.3) is 0 Å². The summed E-state index contributed by atoms with van der Waals surface area (Å²) in [5, 5.41) is 0. The Bertz CT molecular complexity index is 349. The Morgan fingerprint density at radius 3 is 2.56 bits per heavy atom. The van der Waals surface area contributed by atoms with Gasteiger partial charge in [-0.1, -0.05) is 43.7 Å². The highest BCUT2D eigenvalue weighted by Crippen LogP contribution is 2.14. The number of hydrogen-bond donors (Lipinski definition) is 0. The zero-order chi connectivity index (χ0) is 11.8. The average molecular weight is 215 g/mol. The van der Waals surface area contributed by atoms with Gasteiger partial charge in [0.2, 0.25) is 0 Å². The molecule has 1 aromatic rings. The summed E-state index contributed by atoms with van der Waals surface area (Å²) in [5.41, 5.74) is 3.47. The first-order valence-electron chi connectivity index (χ1n) is 5.98. The lowest BCUT2D eigenvalue weighted by atomic mass is 10.1. The van der Waals surface area contributed by atoms with Crippen LogP contribution in [0.4, 0.5) is 5.69 Å². The van der Waals surface area contributed by atoms with E-state index in [1.807, 2.05) is 30.3 Å². The van der Waals surface area contributed by atoms with E-state index >= 15 is 0 Å². The molecular weight excluding hydrogens is 194 g/mol. The minimum absolute atomic E-state index is 0.925. The van der Waals surface area contributed by atoms with E-state index in [1.54, 1.807) is 0 Å². The predicted molar refractivity (Wildman–Crippen MR) is 72.5 cm³/mol. The summed E-state index contributed by atoms with van der Waals surface area (Å²) in [6.07, 6.45) is 4.51. The predicted octanol–water partition coefficient (Wildman–Crippen LogP) is 4.92. The molecular formula is C15H21N. The molecule has 1 nitrogen and oxygen atoms in total. The first-order valence-corrected chi connectivity index (χ1v) is 5.98. The smallest absolute Gasteiger partial charge is 0.0629 e. The third-order valence-electron chi connectivity index (χ3n) is 2.47. The zero-order valence-corrected chi connectivity index (χ0v) is 10.4. The van der Waals surface area contributed by atoms with Crippen LogP contribution in [-0.2, 0) is 0 Å². The van der Waals surface area contributed by atoms with Crippen LogP contribution in [0.1, 0.15) is 39.5 Å². The van der Waals surface area contributed by atoms with E-state index in [1.165, 1.54) is 18.4 Å². The number of aliphatic imine (C=N–C) groups is 1. The second kappa shape index (κ2) is 7.00. The highest BCUT2D eigenvalue weighted by molar-refractivity contribution is 5.86. The molecule has 0 aliphatic rings. The Morgan fingerprint density at radius 2 is 1.94 bits per heavy atom. The number of allylic oxidation sites excluding steroid dienone is 1. The molecule has 0 bridgehead atoms. The summed E-state index contributed by atoms with van der Waals surface area (Å²) >= 11 is 0. The summed E-state index contributed by atoms with van der Waals surface area (Å²) in [6, 6.07) is 10.1. The van der Waals surface area contributed by atoms with E-state index in [0.717, 1.165) is 24.2 Å². The van der Waals surface area contributed by atoms with Gasteiger partial charge in [0.1, 0.15) is 0 Å². The SMILES string of the molecule is C=C(CCCC)CC(C)=Nc1ccccc1. The molecule has 1 heteroatoms. The van der Waals surface area contributed by atoms with Crippen LogP contribution in [0.3, 0.4) is 0 Å². The average Bonchev–Trinajstić information content (AvgIpc) is 2.27. The number of rotatable bonds is 6. The van der Waals surface area contributed by atoms with Gasteiger partial charge in [-0.25, -0.2) is 0 Å². The van der Waals surface area contributed by atoms with E-state index in [9.17, 15) is 0 Å². The van der Waals surface area contributed by atoms with Gasteiger partial charge in [0, 0.05) is 12.1 Å². The fraction of sp³-hybridized carbons (Fsp3) is 0.400. The third-order valence-corrected chi connectivity index (χ3v) is 2.47. The molecule has 0 saturated heterocycles. The number of unbranched alkanes of at least 4 members (excludes halogenated alkanes) is 1. The number of para-hydroxylation sites is 1. The molecule has 0 amide bonds. The van der Waals surface area contributed by atoms with Gasteiger partial charge in [-0.2, -0.15) is 0 Å². The molecule has 1 rings (SSSR count). The van der Waals surface area contributed by atoms with Gasteiger partial charge >= 0.3 is 0 Å². The maximum absolute atomic E-state index is 4.56. The summed E-state index contributed by atoms with van der Waals surface area (Å²) < 4.78 is 0. The number of benzene rings is 1. The molecule has 0 heterocycles. The molecule has 0 atom stereocenters. The van der Waals surface area contributed by atoms with Crippen molar-refractivity contribution in [3.8, 4) is 0 Å². The van der Waals surface area contributed by atoms with Crippen molar-refractivity contribution in [2.75, 3.05) is 0 Å². The third kappa shape index (κ3) is 4.92. The van der Waals surface area contributed by atoms with Crippen LogP contribution in [0.15, 0.2) is 47.5 Å². The molecule has 0 N–H and O–H groups in total. The van der Waals surface area contributed by atoms with Crippen LogP contribution in [0.5, 0.6) is 0 Å². The minimum Gasteiger partial charge on any atom is -0.258 e. The number of nitrogens with zero attached hydrogens (tertiary/aromatic N) is 1. The van der Waals surface area contributed by atoms with Crippen molar-refractivity contribution in [3.05, 3.63) is 42.5 Å². The lowest BCUT2D eigenvalue weighted by molar-refractivity contribution is 0.781. The quantitative estimate of drug-likeness (QED) is 0.472. The Kier molecular flexibility index (Phi) is 5.55. The van der Waals surface area contributed by atoms with E-state index < -0.39 is 0 Å². The minimum atomic E-state index is 0.925. The van der Waals surface area contributed by atoms with Gasteiger partial charge in [0.25, 0.3) is 0 Å². The van der Waals surface area contributed by atoms with Crippen molar-refractivity contribution in [3.63, 3.8) is 0 Å². The molecule has 0 spiro atoms. The van der Waals surface area contributed by atoms with Crippen LogP contribution >= 0.6 is 0 Å². The van der Waals surface area contributed by atoms with E-state index in [4.69, 9.17) is 0 Å². The summed E-state index contributed by atoms with van der Waals surface area (Å²) in [6.45, 7) is 8.37. The van der Waals surface area contributed by atoms with Crippen LogP contribution < -0.4 is 0 Å². The Balaban J connectivity index is 2.49. The van der Waals surface area contributed by atoms with Gasteiger partial charge in [0.15, 0.2) is 0 Å². The maximum Gasteiger partial charge on any atom is 0.0629 e. The summed E-state index contributed by atoms with van der Waals surface area (Å²) in [7, 11) is 0. The molecule has 0 fully saturated rings. The Hall–Kier alpha value is -1.37. The van der Waals surface area contributed by atoms with E-state index in [2.05, 4.69) is 25.4 Å².